The Hall–Kier alpha value is -0.960. The van der Waals surface area contributed by atoms with Crippen LogP contribution in [0.3, 0.4) is 0 Å². The summed E-state index contributed by atoms with van der Waals surface area (Å²) in [5, 5.41) is 0. The van der Waals surface area contributed by atoms with Crippen molar-refractivity contribution in [1.29, 1.82) is 0 Å². The van der Waals surface area contributed by atoms with E-state index in [1.807, 2.05) is 12.1 Å². The fourth-order valence-corrected chi connectivity index (χ4v) is 2.85. The highest BCUT2D eigenvalue weighted by Crippen LogP contribution is 2.44. The van der Waals surface area contributed by atoms with Gasteiger partial charge in [0.1, 0.15) is 0 Å². The lowest BCUT2D eigenvalue weighted by Gasteiger charge is -2.37. The van der Waals surface area contributed by atoms with Gasteiger partial charge in [0.25, 0.3) is 0 Å². The maximum absolute atomic E-state index is 13.2. The zero-order valence-corrected chi connectivity index (χ0v) is 10.5. The highest BCUT2D eigenvalue weighted by molar-refractivity contribution is 5.32. The van der Waals surface area contributed by atoms with E-state index < -0.39 is 11.5 Å². The summed E-state index contributed by atoms with van der Waals surface area (Å²) >= 11 is 0. The summed E-state index contributed by atoms with van der Waals surface area (Å²) in [5.41, 5.74) is 8.14. The van der Waals surface area contributed by atoms with Gasteiger partial charge in [-0.15, -0.1) is 0 Å². The molecule has 0 spiro atoms. The van der Waals surface area contributed by atoms with Crippen molar-refractivity contribution in [3.05, 3.63) is 35.4 Å². The van der Waals surface area contributed by atoms with Crippen LogP contribution >= 0.6 is 0 Å². The lowest BCUT2D eigenvalue weighted by molar-refractivity contribution is -0.0514. The van der Waals surface area contributed by atoms with Gasteiger partial charge in [0, 0.05) is 18.4 Å². The normalized spacial score (nSPS) is 25.9. The summed E-state index contributed by atoms with van der Waals surface area (Å²) in [6, 6.07) is 8.32. The molecule has 0 atom stereocenters. The third-order valence-corrected chi connectivity index (χ3v) is 4.41. The number of nitrogens with two attached hydrogens (primary N) is 1. The quantitative estimate of drug-likeness (QED) is 0.846. The van der Waals surface area contributed by atoms with Crippen molar-refractivity contribution in [2.24, 2.45) is 5.73 Å². The van der Waals surface area contributed by atoms with Crippen LogP contribution in [0.5, 0.6) is 0 Å². The summed E-state index contributed by atoms with van der Waals surface area (Å²) in [6.07, 6.45) is 3.13. The van der Waals surface area contributed by atoms with E-state index in [4.69, 9.17) is 5.73 Å². The van der Waals surface area contributed by atoms with Crippen LogP contribution in [-0.4, -0.2) is 5.92 Å². The molecule has 0 saturated heterocycles. The number of halogens is 2. The van der Waals surface area contributed by atoms with Crippen molar-refractivity contribution >= 4 is 0 Å². The fraction of sp³-hybridized carbons (Fsp3) is 0.600. The van der Waals surface area contributed by atoms with Crippen LogP contribution in [0.15, 0.2) is 24.3 Å². The third kappa shape index (κ3) is 2.28. The van der Waals surface area contributed by atoms with E-state index in [-0.39, 0.29) is 12.8 Å². The van der Waals surface area contributed by atoms with E-state index in [2.05, 4.69) is 12.1 Å². The molecule has 0 aliphatic heterocycles. The molecule has 2 aliphatic rings. The van der Waals surface area contributed by atoms with Gasteiger partial charge in [-0.3, -0.25) is 0 Å². The molecule has 2 fully saturated rings. The molecule has 0 radical (unpaired) electrons. The van der Waals surface area contributed by atoms with Gasteiger partial charge in [0.05, 0.1) is 0 Å². The van der Waals surface area contributed by atoms with E-state index >= 15 is 0 Å². The Bertz CT molecular complexity index is 424. The van der Waals surface area contributed by atoms with E-state index in [1.165, 1.54) is 18.4 Å². The largest absolute Gasteiger partial charge is 0.321 e. The number of hydrogen-bond acceptors (Lipinski definition) is 1. The predicted octanol–water partition coefficient (Wildman–Crippen LogP) is 3.93. The highest BCUT2D eigenvalue weighted by Gasteiger charge is 2.42. The number of alkyl halides is 2. The van der Waals surface area contributed by atoms with Crippen molar-refractivity contribution in [2.75, 3.05) is 0 Å². The average Bonchev–Trinajstić information content (AvgIpc) is 3.18. The summed E-state index contributed by atoms with van der Waals surface area (Å²) in [5.74, 6) is -1.79. The molecule has 1 aromatic carbocycles. The molecule has 3 rings (SSSR count). The molecule has 18 heavy (non-hydrogen) atoms. The first kappa shape index (κ1) is 12.1. The lowest BCUT2D eigenvalue weighted by Crippen LogP contribution is -2.43. The van der Waals surface area contributed by atoms with Crippen molar-refractivity contribution in [3.63, 3.8) is 0 Å². The molecule has 1 aromatic rings. The molecule has 98 valence electrons. The minimum Gasteiger partial charge on any atom is -0.321 e. The number of benzene rings is 1. The van der Waals surface area contributed by atoms with Crippen molar-refractivity contribution in [3.8, 4) is 0 Å². The summed E-state index contributed by atoms with van der Waals surface area (Å²) in [6.45, 7) is 0. The van der Waals surface area contributed by atoms with Crippen molar-refractivity contribution in [2.45, 2.75) is 55.9 Å². The first-order valence-electron chi connectivity index (χ1n) is 6.76. The zero-order chi connectivity index (χ0) is 12.8. The Kier molecular flexibility index (Phi) is 2.70. The maximum atomic E-state index is 13.2. The first-order valence-corrected chi connectivity index (χ1v) is 6.76. The summed E-state index contributed by atoms with van der Waals surface area (Å²) < 4.78 is 26.4. The second-order valence-corrected chi connectivity index (χ2v) is 5.91. The van der Waals surface area contributed by atoms with Gasteiger partial charge in [-0.25, -0.2) is 8.78 Å². The van der Waals surface area contributed by atoms with Gasteiger partial charge >= 0.3 is 0 Å². The SMILES string of the molecule is NC1(c2ccc(C3CC3)cc2)CCC(F)(F)CC1. The van der Waals surface area contributed by atoms with Crippen molar-refractivity contribution in [1.82, 2.24) is 0 Å². The molecule has 0 amide bonds. The molecule has 2 N–H and O–H groups in total. The Labute approximate surface area is 106 Å². The minimum atomic E-state index is -2.52. The Morgan fingerprint density at radius 2 is 1.50 bits per heavy atom. The van der Waals surface area contributed by atoms with Gasteiger partial charge < -0.3 is 5.73 Å². The van der Waals surface area contributed by atoms with E-state index in [9.17, 15) is 8.78 Å². The second kappa shape index (κ2) is 4.02. The van der Waals surface area contributed by atoms with E-state index in [0.717, 1.165) is 11.5 Å². The summed E-state index contributed by atoms with van der Waals surface area (Å²) in [7, 11) is 0. The first-order chi connectivity index (χ1) is 8.49. The molecule has 0 aromatic heterocycles. The Morgan fingerprint density at radius 3 is 2.00 bits per heavy atom. The molecule has 0 heterocycles. The van der Waals surface area contributed by atoms with Crippen LogP contribution < -0.4 is 5.73 Å². The minimum absolute atomic E-state index is 0.0894. The standard InChI is InChI=1S/C15H19F2N/c16-15(17)9-7-14(18,8-10-15)13-5-3-12(4-6-13)11-1-2-11/h3-6,11H,1-2,7-10,18H2. The Balaban J connectivity index is 1.77. The average molecular weight is 251 g/mol. The van der Waals surface area contributed by atoms with Gasteiger partial charge in [0.15, 0.2) is 0 Å². The molecular formula is C15H19F2N. The van der Waals surface area contributed by atoms with Gasteiger partial charge in [0.2, 0.25) is 5.92 Å². The van der Waals surface area contributed by atoms with Gasteiger partial charge in [-0.2, -0.15) is 0 Å². The van der Waals surface area contributed by atoms with Crippen LogP contribution in [-0.2, 0) is 5.54 Å². The molecule has 0 bridgehead atoms. The van der Waals surface area contributed by atoms with Crippen LogP contribution in [0.4, 0.5) is 8.78 Å². The smallest absolute Gasteiger partial charge is 0.248 e. The van der Waals surface area contributed by atoms with E-state index in [0.29, 0.717) is 12.8 Å². The molecule has 0 unspecified atom stereocenters. The maximum Gasteiger partial charge on any atom is 0.248 e. The molecule has 3 heteroatoms. The molecule has 1 nitrogen and oxygen atoms in total. The molecule has 2 aliphatic carbocycles. The van der Waals surface area contributed by atoms with Crippen LogP contribution in [0.25, 0.3) is 0 Å². The monoisotopic (exact) mass is 251 g/mol. The van der Waals surface area contributed by atoms with Gasteiger partial charge in [-0.05, 0) is 42.7 Å². The highest BCUT2D eigenvalue weighted by atomic mass is 19.3. The van der Waals surface area contributed by atoms with Crippen molar-refractivity contribution < 1.29 is 8.78 Å². The lowest BCUT2D eigenvalue weighted by atomic mass is 9.76. The number of rotatable bonds is 2. The second-order valence-electron chi connectivity index (χ2n) is 5.91. The molecule has 2 saturated carbocycles. The molecular weight excluding hydrogens is 232 g/mol. The van der Waals surface area contributed by atoms with Crippen LogP contribution in [0.2, 0.25) is 0 Å². The fourth-order valence-electron chi connectivity index (χ4n) is 2.85. The Morgan fingerprint density at radius 1 is 0.944 bits per heavy atom. The van der Waals surface area contributed by atoms with Gasteiger partial charge in [-0.1, -0.05) is 24.3 Å². The zero-order valence-electron chi connectivity index (χ0n) is 10.5. The predicted molar refractivity (Wildman–Crippen MR) is 67.7 cm³/mol. The number of hydrogen-bond donors (Lipinski definition) is 1. The van der Waals surface area contributed by atoms with Crippen LogP contribution in [0.1, 0.15) is 55.6 Å². The topological polar surface area (TPSA) is 26.0 Å². The summed E-state index contributed by atoms with van der Waals surface area (Å²) in [4.78, 5) is 0. The third-order valence-electron chi connectivity index (χ3n) is 4.41. The van der Waals surface area contributed by atoms with Crippen LogP contribution in [0, 0.1) is 0 Å². The van der Waals surface area contributed by atoms with E-state index in [1.54, 1.807) is 0 Å².